The number of hydrogen-bond donors (Lipinski definition) is 0. The molecule has 0 aliphatic rings. The SMILES string of the molecule is c1ccc(-c2ccc(-c3ccc4oc5cc(-c6cccc(-c7nc(-c8ccccc8)nc(-c8ccccc8)n7)c6)ccc5c4c3)cc2)cc1. The molecular formula is C45H29N3O. The standard InChI is InChI=1S/C45H29N3O/c1-4-11-30(12-5-1)31-19-21-32(22-20-31)36-24-26-41-40(28-36)39-25-23-37(29-42(39)49-41)35-17-10-18-38(27-35)45-47-43(33-13-6-2-7-14-33)46-44(48-45)34-15-8-3-9-16-34/h1-29H. The van der Waals surface area contributed by atoms with E-state index in [1.165, 1.54) is 16.7 Å². The fourth-order valence-electron chi connectivity index (χ4n) is 6.40. The molecule has 0 N–H and O–H groups in total. The van der Waals surface area contributed by atoms with E-state index in [-0.39, 0.29) is 0 Å². The summed E-state index contributed by atoms with van der Waals surface area (Å²) in [6.45, 7) is 0. The first kappa shape index (κ1) is 28.6. The van der Waals surface area contributed by atoms with Crippen molar-refractivity contribution in [1.29, 1.82) is 0 Å². The summed E-state index contributed by atoms with van der Waals surface area (Å²) in [5.41, 5.74) is 11.4. The molecule has 0 unspecified atom stereocenters. The first-order chi connectivity index (χ1) is 24.2. The Hall–Kier alpha value is -6.65. The van der Waals surface area contributed by atoms with Crippen LogP contribution in [0, 0.1) is 0 Å². The van der Waals surface area contributed by atoms with Crippen molar-refractivity contribution < 1.29 is 4.42 Å². The van der Waals surface area contributed by atoms with E-state index in [0.717, 1.165) is 55.3 Å². The minimum absolute atomic E-state index is 0.628. The fourth-order valence-corrected chi connectivity index (χ4v) is 6.40. The normalized spacial score (nSPS) is 11.3. The van der Waals surface area contributed by atoms with Crippen molar-refractivity contribution in [1.82, 2.24) is 15.0 Å². The van der Waals surface area contributed by atoms with Crippen LogP contribution >= 0.6 is 0 Å². The summed E-state index contributed by atoms with van der Waals surface area (Å²) in [7, 11) is 0. The summed E-state index contributed by atoms with van der Waals surface area (Å²) in [6.07, 6.45) is 0. The first-order valence-electron chi connectivity index (χ1n) is 16.4. The summed E-state index contributed by atoms with van der Waals surface area (Å²) < 4.78 is 6.39. The van der Waals surface area contributed by atoms with Gasteiger partial charge in [0.05, 0.1) is 0 Å². The quantitative estimate of drug-likeness (QED) is 0.184. The predicted molar refractivity (Wildman–Crippen MR) is 200 cm³/mol. The van der Waals surface area contributed by atoms with E-state index >= 15 is 0 Å². The fraction of sp³-hybridized carbons (Fsp3) is 0. The largest absolute Gasteiger partial charge is 0.456 e. The molecule has 49 heavy (non-hydrogen) atoms. The van der Waals surface area contributed by atoms with Crippen LogP contribution in [0.5, 0.6) is 0 Å². The van der Waals surface area contributed by atoms with Crippen LogP contribution in [-0.2, 0) is 0 Å². The summed E-state index contributed by atoms with van der Waals surface area (Å²) in [6, 6.07) is 60.6. The summed E-state index contributed by atoms with van der Waals surface area (Å²) >= 11 is 0. The van der Waals surface area contributed by atoms with Gasteiger partial charge in [0, 0.05) is 27.5 Å². The number of hydrogen-bond acceptors (Lipinski definition) is 4. The van der Waals surface area contributed by atoms with Gasteiger partial charge in [-0.25, -0.2) is 15.0 Å². The number of furan rings is 1. The number of benzene rings is 7. The molecule has 0 saturated carbocycles. The number of nitrogens with zero attached hydrogens (tertiary/aromatic N) is 3. The zero-order valence-corrected chi connectivity index (χ0v) is 26.5. The number of rotatable bonds is 6. The second-order valence-corrected chi connectivity index (χ2v) is 12.1. The Morgan fingerprint density at radius 3 is 1.33 bits per heavy atom. The molecule has 7 aromatic carbocycles. The maximum atomic E-state index is 6.39. The number of fused-ring (bicyclic) bond motifs is 3. The average molecular weight is 628 g/mol. The molecule has 0 radical (unpaired) electrons. The Balaban J connectivity index is 1.07. The molecule has 4 heteroatoms. The van der Waals surface area contributed by atoms with E-state index in [1.54, 1.807) is 0 Å². The maximum Gasteiger partial charge on any atom is 0.164 e. The van der Waals surface area contributed by atoms with Gasteiger partial charge in [-0.15, -0.1) is 0 Å². The zero-order chi connectivity index (χ0) is 32.6. The van der Waals surface area contributed by atoms with Crippen LogP contribution in [0.1, 0.15) is 0 Å². The summed E-state index contributed by atoms with van der Waals surface area (Å²) in [5, 5.41) is 2.20. The van der Waals surface area contributed by atoms with E-state index in [2.05, 4.69) is 109 Å². The molecule has 0 aliphatic heterocycles. The van der Waals surface area contributed by atoms with E-state index in [1.807, 2.05) is 66.7 Å². The van der Waals surface area contributed by atoms with Gasteiger partial charge in [-0.3, -0.25) is 0 Å². The van der Waals surface area contributed by atoms with Gasteiger partial charge >= 0.3 is 0 Å². The third-order valence-corrected chi connectivity index (χ3v) is 8.95. The van der Waals surface area contributed by atoms with Crippen LogP contribution in [-0.4, -0.2) is 15.0 Å². The second kappa shape index (κ2) is 12.2. The first-order valence-corrected chi connectivity index (χ1v) is 16.4. The van der Waals surface area contributed by atoms with E-state index in [9.17, 15) is 0 Å². The molecular weight excluding hydrogens is 599 g/mol. The van der Waals surface area contributed by atoms with Gasteiger partial charge in [0.1, 0.15) is 11.2 Å². The minimum Gasteiger partial charge on any atom is -0.456 e. The van der Waals surface area contributed by atoms with Crippen LogP contribution < -0.4 is 0 Å². The van der Waals surface area contributed by atoms with Crippen LogP contribution in [0.4, 0.5) is 0 Å². The Kier molecular flexibility index (Phi) is 7.10. The van der Waals surface area contributed by atoms with Crippen LogP contribution in [0.25, 0.3) is 89.5 Å². The molecule has 9 rings (SSSR count). The molecule has 0 fully saturated rings. The van der Waals surface area contributed by atoms with Crippen molar-refractivity contribution in [2.24, 2.45) is 0 Å². The highest BCUT2D eigenvalue weighted by Crippen LogP contribution is 2.36. The monoisotopic (exact) mass is 627 g/mol. The van der Waals surface area contributed by atoms with Crippen molar-refractivity contribution in [3.8, 4) is 67.5 Å². The van der Waals surface area contributed by atoms with E-state index in [4.69, 9.17) is 19.4 Å². The summed E-state index contributed by atoms with van der Waals surface area (Å²) in [5.74, 6) is 1.92. The average Bonchev–Trinajstić information content (AvgIpc) is 3.56. The van der Waals surface area contributed by atoms with Gasteiger partial charge in [0.25, 0.3) is 0 Å². The van der Waals surface area contributed by atoms with E-state index < -0.39 is 0 Å². The molecule has 4 nitrogen and oxygen atoms in total. The molecule has 230 valence electrons. The van der Waals surface area contributed by atoms with Crippen molar-refractivity contribution in [2.45, 2.75) is 0 Å². The number of aromatic nitrogens is 3. The highest BCUT2D eigenvalue weighted by molar-refractivity contribution is 6.07. The van der Waals surface area contributed by atoms with Crippen LogP contribution in [0.15, 0.2) is 180 Å². The Bertz CT molecular complexity index is 2520. The van der Waals surface area contributed by atoms with Crippen LogP contribution in [0.3, 0.4) is 0 Å². The molecule has 2 aromatic heterocycles. The highest BCUT2D eigenvalue weighted by atomic mass is 16.3. The van der Waals surface area contributed by atoms with Gasteiger partial charge in [-0.1, -0.05) is 146 Å². The smallest absolute Gasteiger partial charge is 0.164 e. The van der Waals surface area contributed by atoms with Gasteiger partial charge in [0.15, 0.2) is 17.5 Å². The maximum absolute atomic E-state index is 6.39. The van der Waals surface area contributed by atoms with Crippen molar-refractivity contribution in [3.63, 3.8) is 0 Å². The molecule has 0 spiro atoms. The van der Waals surface area contributed by atoms with Gasteiger partial charge in [-0.2, -0.15) is 0 Å². The van der Waals surface area contributed by atoms with Crippen molar-refractivity contribution in [2.75, 3.05) is 0 Å². The lowest BCUT2D eigenvalue weighted by molar-refractivity contribution is 0.669. The lowest BCUT2D eigenvalue weighted by Crippen LogP contribution is -2.00. The highest BCUT2D eigenvalue weighted by Gasteiger charge is 2.14. The van der Waals surface area contributed by atoms with E-state index in [0.29, 0.717) is 17.5 Å². The Morgan fingerprint density at radius 1 is 0.265 bits per heavy atom. The topological polar surface area (TPSA) is 51.8 Å². The predicted octanol–water partition coefficient (Wildman–Crippen LogP) is 11.8. The second-order valence-electron chi connectivity index (χ2n) is 12.1. The van der Waals surface area contributed by atoms with Gasteiger partial charge in [0.2, 0.25) is 0 Å². The lowest BCUT2D eigenvalue weighted by Gasteiger charge is -2.09. The van der Waals surface area contributed by atoms with Crippen LogP contribution in [0.2, 0.25) is 0 Å². The third-order valence-electron chi connectivity index (χ3n) is 8.95. The molecule has 2 heterocycles. The van der Waals surface area contributed by atoms with Crippen molar-refractivity contribution >= 4 is 21.9 Å². The van der Waals surface area contributed by atoms with Gasteiger partial charge < -0.3 is 4.42 Å². The molecule has 0 atom stereocenters. The minimum atomic E-state index is 0.628. The van der Waals surface area contributed by atoms with Crippen molar-refractivity contribution in [3.05, 3.63) is 176 Å². The summed E-state index contributed by atoms with van der Waals surface area (Å²) in [4.78, 5) is 14.7. The zero-order valence-electron chi connectivity index (χ0n) is 26.5. The van der Waals surface area contributed by atoms with Gasteiger partial charge in [-0.05, 0) is 63.7 Å². The molecule has 0 amide bonds. The lowest BCUT2D eigenvalue weighted by atomic mass is 9.98. The molecule has 0 bridgehead atoms. The molecule has 9 aromatic rings. The molecule has 0 aliphatic carbocycles. The molecule has 0 saturated heterocycles. The Labute approximate surface area is 284 Å². The third kappa shape index (κ3) is 5.56. The Morgan fingerprint density at radius 2 is 0.694 bits per heavy atom.